The normalized spacial score (nSPS) is 23.6. The third kappa shape index (κ3) is 2.05. The number of hydrogen-bond acceptors (Lipinski definition) is 0. The van der Waals surface area contributed by atoms with Gasteiger partial charge in [0, 0.05) is 5.03 Å². The Morgan fingerprint density at radius 3 is 2.50 bits per heavy atom. The zero-order valence-electron chi connectivity index (χ0n) is 5.18. The number of hydrogen-bond donors (Lipinski definition) is 0. The smallest absolute Gasteiger partial charge is 0.0935 e. The van der Waals surface area contributed by atoms with E-state index < -0.39 is 0 Å². The van der Waals surface area contributed by atoms with Crippen molar-refractivity contribution in [3.8, 4) is 0 Å². The van der Waals surface area contributed by atoms with Crippen LogP contribution in [-0.4, -0.2) is 5.38 Å². The van der Waals surface area contributed by atoms with E-state index in [0.717, 1.165) is 5.57 Å². The van der Waals surface area contributed by atoms with Gasteiger partial charge in [-0.1, -0.05) is 30.3 Å². The molecule has 3 heteroatoms. The van der Waals surface area contributed by atoms with Crippen molar-refractivity contribution in [1.29, 1.82) is 0 Å². The van der Waals surface area contributed by atoms with Crippen LogP contribution in [0.25, 0.3) is 0 Å². The molecule has 0 radical (unpaired) electrons. The molecule has 1 aliphatic carbocycles. The van der Waals surface area contributed by atoms with Gasteiger partial charge >= 0.3 is 0 Å². The molecule has 0 heterocycles. The summed E-state index contributed by atoms with van der Waals surface area (Å²) in [4.78, 5) is 0. The highest BCUT2D eigenvalue weighted by Crippen LogP contribution is 2.25. The Labute approximate surface area is 76.6 Å². The lowest BCUT2D eigenvalue weighted by Crippen LogP contribution is -2.02. The number of alkyl halides is 1. The monoisotopic (exact) mass is 196 g/mol. The van der Waals surface area contributed by atoms with Gasteiger partial charge in [0.1, 0.15) is 0 Å². The van der Waals surface area contributed by atoms with Gasteiger partial charge in [0.2, 0.25) is 0 Å². The first kappa shape index (κ1) is 10.1. The molecule has 0 N–H and O–H groups in total. The average molecular weight is 197 g/mol. The molecule has 0 saturated heterocycles. The highest BCUT2D eigenvalue weighted by molar-refractivity contribution is 6.38. The second-order valence-corrected chi connectivity index (χ2v) is 2.72. The summed E-state index contributed by atoms with van der Waals surface area (Å²) >= 11 is 11.4. The van der Waals surface area contributed by atoms with Crippen LogP contribution in [0.3, 0.4) is 0 Å². The minimum atomic E-state index is -0.211. The van der Waals surface area contributed by atoms with Crippen LogP contribution in [0.5, 0.6) is 0 Å². The Kier molecular flexibility index (Phi) is 4.11. The molecule has 1 atom stereocenters. The van der Waals surface area contributed by atoms with E-state index in [2.05, 4.69) is 6.58 Å². The van der Waals surface area contributed by atoms with Crippen molar-refractivity contribution in [1.82, 2.24) is 0 Å². The Hall–Kier alpha value is 0.0900. The van der Waals surface area contributed by atoms with E-state index in [1.165, 1.54) is 0 Å². The van der Waals surface area contributed by atoms with Gasteiger partial charge in [-0.2, -0.15) is 0 Å². The molecule has 1 aliphatic rings. The van der Waals surface area contributed by atoms with E-state index in [0.29, 0.717) is 5.03 Å². The third-order valence-corrected chi connectivity index (χ3v) is 2.10. The second-order valence-electron chi connectivity index (χ2n) is 1.85. The average Bonchev–Trinajstić information content (AvgIpc) is 1.83. The van der Waals surface area contributed by atoms with E-state index in [1.807, 2.05) is 12.2 Å². The van der Waals surface area contributed by atoms with Gasteiger partial charge in [0.25, 0.3) is 0 Å². The van der Waals surface area contributed by atoms with Crippen LogP contribution in [0.2, 0.25) is 0 Å². The lowest BCUT2D eigenvalue weighted by atomic mass is 10.1. The summed E-state index contributed by atoms with van der Waals surface area (Å²) in [7, 11) is 0. The van der Waals surface area contributed by atoms with Gasteiger partial charge in [0.15, 0.2) is 0 Å². The largest absolute Gasteiger partial charge is 0.147 e. The summed E-state index contributed by atoms with van der Waals surface area (Å²) < 4.78 is 0. The summed E-state index contributed by atoms with van der Waals surface area (Å²) in [5.41, 5.74) is 0.851. The Balaban J connectivity index is 0.000000810. The van der Waals surface area contributed by atoms with Crippen molar-refractivity contribution in [2.75, 3.05) is 0 Å². The summed E-state index contributed by atoms with van der Waals surface area (Å²) in [5.74, 6) is 0. The van der Waals surface area contributed by atoms with Crippen molar-refractivity contribution in [2.45, 2.75) is 5.38 Å². The van der Waals surface area contributed by atoms with E-state index >= 15 is 0 Å². The number of halogens is 3. The number of allylic oxidation sites excluding steroid dienone is 5. The molecule has 0 aromatic carbocycles. The summed E-state index contributed by atoms with van der Waals surface area (Å²) in [5, 5.41) is 0.431. The first-order valence-corrected chi connectivity index (χ1v) is 3.40. The molecular formula is C7H7Cl3. The van der Waals surface area contributed by atoms with Crippen LogP contribution in [0, 0.1) is 0 Å². The molecule has 0 aromatic heterocycles. The molecule has 1 unspecified atom stereocenters. The van der Waals surface area contributed by atoms with E-state index in [9.17, 15) is 0 Å². The van der Waals surface area contributed by atoms with Gasteiger partial charge < -0.3 is 0 Å². The fourth-order valence-corrected chi connectivity index (χ4v) is 0.968. The van der Waals surface area contributed by atoms with E-state index in [1.54, 1.807) is 6.08 Å². The molecule has 0 fully saturated rings. The maximum Gasteiger partial charge on any atom is 0.0935 e. The molecule has 0 nitrogen and oxygen atoms in total. The Morgan fingerprint density at radius 2 is 2.10 bits per heavy atom. The Morgan fingerprint density at radius 1 is 1.50 bits per heavy atom. The van der Waals surface area contributed by atoms with Crippen LogP contribution in [0.1, 0.15) is 0 Å². The van der Waals surface area contributed by atoms with Crippen LogP contribution in [-0.2, 0) is 0 Å². The Bertz CT molecular complexity index is 191. The van der Waals surface area contributed by atoms with Gasteiger partial charge in [-0.05, 0) is 11.6 Å². The molecule has 0 amide bonds. The predicted molar refractivity (Wildman–Crippen MR) is 49.1 cm³/mol. The lowest BCUT2D eigenvalue weighted by Gasteiger charge is -2.10. The minimum absolute atomic E-state index is 0. The fraction of sp³-hybridized carbons (Fsp3) is 0.143. The predicted octanol–water partition coefficient (Wildman–Crippen LogP) is 3.26. The topological polar surface area (TPSA) is 0 Å². The third-order valence-electron chi connectivity index (χ3n) is 1.13. The van der Waals surface area contributed by atoms with Crippen molar-refractivity contribution >= 4 is 35.6 Å². The molecule has 10 heavy (non-hydrogen) atoms. The summed E-state index contributed by atoms with van der Waals surface area (Å²) in [6.07, 6.45) is 5.46. The molecule has 0 aromatic rings. The lowest BCUT2D eigenvalue weighted by molar-refractivity contribution is 1.25. The molecule has 0 saturated carbocycles. The van der Waals surface area contributed by atoms with Crippen molar-refractivity contribution in [3.63, 3.8) is 0 Å². The second kappa shape index (κ2) is 4.07. The van der Waals surface area contributed by atoms with Crippen LogP contribution < -0.4 is 0 Å². The molecule has 0 spiro atoms. The molecule has 56 valence electrons. The zero-order valence-corrected chi connectivity index (χ0v) is 7.51. The maximum atomic E-state index is 5.77. The van der Waals surface area contributed by atoms with Crippen LogP contribution >= 0.6 is 35.6 Å². The first-order valence-electron chi connectivity index (χ1n) is 2.58. The fourth-order valence-electron chi connectivity index (χ4n) is 0.610. The van der Waals surface area contributed by atoms with Gasteiger partial charge in [-0.3, -0.25) is 0 Å². The highest BCUT2D eigenvalue weighted by atomic mass is 35.5. The molecule has 0 aliphatic heterocycles. The number of rotatable bonds is 0. The van der Waals surface area contributed by atoms with Crippen molar-refractivity contribution in [2.24, 2.45) is 0 Å². The van der Waals surface area contributed by atoms with Gasteiger partial charge in [-0.15, -0.1) is 24.0 Å². The molecule has 1 rings (SSSR count). The summed E-state index contributed by atoms with van der Waals surface area (Å²) in [6, 6.07) is 0. The van der Waals surface area contributed by atoms with Crippen LogP contribution in [0.4, 0.5) is 0 Å². The van der Waals surface area contributed by atoms with Crippen LogP contribution in [0.15, 0.2) is 35.4 Å². The standard InChI is InChI=1S/C7H6Cl2.ClH/c1-5-3-2-4-6(8)7(5)9;/h2-4,7H,1H2;1H. The summed E-state index contributed by atoms with van der Waals surface area (Å²) in [6.45, 7) is 3.70. The zero-order chi connectivity index (χ0) is 6.85. The quantitative estimate of drug-likeness (QED) is 0.523. The van der Waals surface area contributed by atoms with Gasteiger partial charge in [-0.25, -0.2) is 0 Å². The molecular weight excluding hydrogens is 190 g/mol. The van der Waals surface area contributed by atoms with Crippen molar-refractivity contribution in [3.05, 3.63) is 35.4 Å². The highest BCUT2D eigenvalue weighted by Gasteiger charge is 2.12. The SMILES string of the molecule is C=C1C=CC=C(Cl)C1Cl.Cl. The van der Waals surface area contributed by atoms with Gasteiger partial charge in [0.05, 0.1) is 5.38 Å². The van der Waals surface area contributed by atoms with Crippen molar-refractivity contribution < 1.29 is 0 Å². The maximum absolute atomic E-state index is 5.77. The van der Waals surface area contributed by atoms with E-state index in [4.69, 9.17) is 23.2 Å². The van der Waals surface area contributed by atoms with E-state index in [-0.39, 0.29) is 17.8 Å². The minimum Gasteiger partial charge on any atom is -0.147 e. The molecule has 0 bridgehead atoms. The first-order chi connectivity index (χ1) is 4.22.